The number of ether oxygens (including phenoxy) is 3. The van der Waals surface area contributed by atoms with Crippen molar-refractivity contribution in [1.82, 2.24) is 40.4 Å². The van der Waals surface area contributed by atoms with E-state index in [-0.39, 0.29) is 56.8 Å². The molecule has 340 valence electrons. The first kappa shape index (κ1) is 44.1. The molecule has 6 atom stereocenters. The normalized spacial score (nSPS) is 25.0. The standard InChI is InChI=1S/C43H56N8O11S/c1-5-26-18-43(26,40(56)49-63(58,59)28-12-13-28)48-37(53)31-17-27(62-41(57)50-20-25-11-14-32-34(29(25)22-50)61-23-60-32)21-51(31)39(55)35(42(2,3)4)47-38(54)33(24-9-7-6-8-10-24)46-36(52)30-19-44-15-16-45-30/h11,14-16,19,24,26-28,31,33,35H,5-10,12-13,17-18,20-23H2,1-4H3,(H,46,52)(H,47,54)(H,48,53)(H,49,56)/t26-,27+,31?,33-,35+,43-/m0/s1. The molecule has 0 bridgehead atoms. The van der Waals surface area contributed by atoms with Crippen molar-refractivity contribution in [3.8, 4) is 11.5 Å². The van der Waals surface area contributed by atoms with Crippen LogP contribution in [-0.2, 0) is 47.0 Å². The number of nitrogens with one attached hydrogen (secondary N) is 4. The van der Waals surface area contributed by atoms with Crippen molar-refractivity contribution in [1.29, 1.82) is 0 Å². The molecule has 8 rings (SSSR count). The number of sulfonamides is 1. The summed E-state index contributed by atoms with van der Waals surface area (Å²) in [4.78, 5) is 95.7. The molecule has 4 N–H and O–H groups in total. The molecule has 1 aromatic heterocycles. The van der Waals surface area contributed by atoms with E-state index in [1.54, 1.807) is 26.8 Å². The number of fused-ring (bicyclic) bond motifs is 3. The third kappa shape index (κ3) is 9.13. The molecule has 20 heteroatoms. The lowest BCUT2D eigenvalue weighted by Gasteiger charge is -2.37. The first-order valence-electron chi connectivity index (χ1n) is 21.9. The molecule has 3 aliphatic heterocycles. The summed E-state index contributed by atoms with van der Waals surface area (Å²) in [5.41, 5.74) is -0.779. The van der Waals surface area contributed by atoms with E-state index in [0.29, 0.717) is 43.6 Å². The van der Waals surface area contributed by atoms with Crippen LogP contribution in [0.15, 0.2) is 30.7 Å². The van der Waals surface area contributed by atoms with Gasteiger partial charge in [-0.3, -0.25) is 38.6 Å². The molecule has 19 nitrogen and oxygen atoms in total. The summed E-state index contributed by atoms with van der Waals surface area (Å²) in [5, 5.41) is 7.94. The zero-order chi connectivity index (χ0) is 44.8. The second-order valence-corrected chi connectivity index (χ2v) is 20.7. The average molecular weight is 893 g/mol. The Balaban J connectivity index is 1.04. The van der Waals surface area contributed by atoms with Crippen molar-refractivity contribution in [2.45, 2.75) is 140 Å². The van der Waals surface area contributed by atoms with E-state index >= 15 is 4.79 Å². The Bertz CT molecular complexity index is 2260. The van der Waals surface area contributed by atoms with Crippen LogP contribution in [0.4, 0.5) is 4.79 Å². The SMILES string of the molecule is CC[C@H]1C[C@@]1(NC(=O)C1C[C@@H](OC(=O)N2Cc3ccc4c(c3C2)OCO4)CN1C(=O)[C@@H](NC(=O)[C@@H](NC(=O)c1cnccn1)C1CCCCC1)C(C)(C)C)C(=O)NS(=O)(=O)C1CC1. The van der Waals surface area contributed by atoms with Crippen LogP contribution in [0.25, 0.3) is 0 Å². The predicted molar refractivity (Wildman–Crippen MR) is 223 cm³/mol. The third-order valence-corrected chi connectivity index (χ3v) is 15.1. The molecule has 6 aliphatic rings. The van der Waals surface area contributed by atoms with Crippen LogP contribution < -0.4 is 30.1 Å². The molecule has 4 heterocycles. The minimum Gasteiger partial charge on any atom is -0.454 e. The third-order valence-electron chi connectivity index (χ3n) is 13.3. The monoisotopic (exact) mass is 892 g/mol. The van der Waals surface area contributed by atoms with Gasteiger partial charge < -0.3 is 35.1 Å². The first-order chi connectivity index (χ1) is 30.0. The largest absolute Gasteiger partial charge is 0.454 e. The van der Waals surface area contributed by atoms with Gasteiger partial charge in [-0.15, -0.1) is 0 Å². The van der Waals surface area contributed by atoms with Crippen LogP contribution in [0.2, 0.25) is 0 Å². The summed E-state index contributed by atoms with van der Waals surface area (Å²) < 4.78 is 45.1. The quantitative estimate of drug-likeness (QED) is 0.226. The number of amides is 6. The maximum atomic E-state index is 15.0. The minimum absolute atomic E-state index is 0.0303. The van der Waals surface area contributed by atoms with Crippen LogP contribution in [0.5, 0.6) is 11.5 Å². The molecule has 2 aromatic rings. The minimum atomic E-state index is -3.94. The molecular weight excluding hydrogens is 837 g/mol. The second-order valence-electron chi connectivity index (χ2n) is 18.7. The van der Waals surface area contributed by atoms with Gasteiger partial charge in [0.15, 0.2) is 11.5 Å². The van der Waals surface area contributed by atoms with Crippen molar-refractivity contribution in [2.24, 2.45) is 17.3 Å². The van der Waals surface area contributed by atoms with Crippen molar-refractivity contribution >= 4 is 45.7 Å². The number of carbonyl (C=O) groups is 6. The number of benzene rings is 1. The average Bonchev–Trinajstić information content (AvgIpc) is 4.06. The number of hydrogen-bond donors (Lipinski definition) is 4. The number of rotatable bonds is 13. The highest BCUT2D eigenvalue weighted by atomic mass is 32.2. The fourth-order valence-electron chi connectivity index (χ4n) is 9.40. The highest BCUT2D eigenvalue weighted by Crippen LogP contribution is 2.47. The number of aromatic nitrogens is 2. The van der Waals surface area contributed by atoms with Crippen LogP contribution >= 0.6 is 0 Å². The molecule has 3 saturated carbocycles. The van der Waals surface area contributed by atoms with Gasteiger partial charge in [-0.2, -0.15) is 0 Å². The van der Waals surface area contributed by atoms with E-state index in [9.17, 15) is 32.4 Å². The lowest BCUT2D eigenvalue weighted by molar-refractivity contribution is -0.145. The highest BCUT2D eigenvalue weighted by Gasteiger charge is 2.62. The Morgan fingerprint density at radius 2 is 1.75 bits per heavy atom. The summed E-state index contributed by atoms with van der Waals surface area (Å²) in [7, 11) is -3.94. The number of likely N-dealkylation sites (tertiary alicyclic amines) is 1. The van der Waals surface area contributed by atoms with Crippen LogP contribution in [0.1, 0.15) is 114 Å². The van der Waals surface area contributed by atoms with Gasteiger partial charge in [0.05, 0.1) is 24.5 Å². The van der Waals surface area contributed by atoms with E-state index in [4.69, 9.17) is 14.2 Å². The van der Waals surface area contributed by atoms with Gasteiger partial charge in [-0.05, 0) is 61.0 Å². The number of nitrogens with zero attached hydrogens (tertiary/aromatic N) is 4. The lowest BCUT2D eigenvalue weighted by atomic mass is 9.82. The van der Waals surface area contributed by atoms with E-state index in [1.807, 2.05) is 13.0 Å². The van der Waals surface area contributed by atoms with Crippen molar-refractivity contribution in [2.75, 3.05) is 13.3 Å². The summed E-state index contributed by atoms with van der Waals surface area (Å²) in [5.74, 6) is -2.81. The fourth-order valence-corrected chi connectivity index (χ4v) is 10.8. The lowest BCUT2D eigenvalue weighted by Crippen LogP contribution is -2.62. The topological polar surface area (TPSA) is 245 Å². The van der Waals surface area contributed by atoms with Crippen molar-refractivity contribution < 1.29 is 51.4 Å². The molecule has 4 fully saturated rings. The van der Waals surface area contributed by atoms with Crippen LogP contribution in [0, 0.1) is 17.3 Å². The Hall–Kier alpha value is -5.53. The maximum absolute atomic E-state index is 15.0. The zero-order valence-electron chi connectivity index (χ0n) is 36.0. The summed E-state index contributed by atoms with van der Waals surface area (Å²) >= 11 is 0. The molecular formula is C43H56N8O11S. The predicted octanol–water partition coefficient (Wildman–Crippen LogP) is 2.43. The highest BCUT2D eigenvalue weighted by molar-refractivity contribution is 7.91. The van der Waals surface area contributed by atoms with Crippen LogP contribution in [0.3, 0.4) is 0 Å². The van der Waals surface area contributed by atoms with Crippen molar-refractivity contribution in [3.63, 3.8) is 0 Å². The van der Waals surface area contributed by atoms with Gasteiger partial charge in [0, 0.05) is 30.9 Å². The van der Waals surface area contributed by atoms with Gasteiger partial charge >= 0.3 is 6.09 Å². The first-order valence-corrected chi connectivity index (χ1v) is 23.5. The molecule has 1 aromatic carbocycles. The zero-order valence-corrected chi connectivity index (χ0v) is 36.8. The van der Waals surface area contributed by atoms with Crippen LogP contribution in [-0.4, -0.2) is 112 Å². The van der Waals surface area contributed by atoms with Crippen molar-refractivity contribution in [3.05, 3.63) is 47.5 Å². The Labute approximate surface area is 366 Å². The molecule has 6 amide bonds. The molecule has 1 saturated heterocycles. The van der Waals surface area contributed by atoms with Gasteiger partial charge in [0.1, 0.15) is 35.5 Å². The van der Waals surface area contributed by atoms with E-state index in [1.165, 1.54) is 28.4 Å². The smallest absolute Gasteiger partial charge is 0.410 e. The molecule has 3 aliphatic carbocycles. The molecule has 0 spiro atoms. The van der Waals surface area contributed by atoms with E-state index in [2.05, 4.69) is 30.6 Å². The maximum Gasteiger partial charge on any atom is 0.410 e. The number of carbonyl (C=O) groups excluding carboxylic acids is 6. The molecule has 0 radical (unpaired) electrons. The molecule has 63 heavy (non-hydrogen) atoms. The second kappa shape index (κ2) is 17.2. The van der Waals surface area contributed by atoms with E-state index < -0.39 is 86.1 Å². The van der Waals surface area contributed by atoms with Gasteiger partial charge in [0.25, 0.3) is 11.8 Å². The van der Waals surface area contributed by atoms with Gasteiger partial charge in [-0.1, -0.05) is 59.4 Å². The Kier molecular flexibility index (Phi) is 12.0. The summed E-state index contributed by atoms with van der Waals surface area (Å²) in [6, 6.07) is 0.103. The Morgan fingerprint density at radius 1 is 0.984 bits per heavy atom. The summed E-state index contributed by atoms with van der Waals surface area (Å²) in [6.07, 6.45) is 7.91. The van der Waals surface area contributed by atoms with E-state index in [0.717, 1.165) is 30.4 Å². The summed E-state index contributed by atoms with van der Waals surface area (Å²) in [6.45, 7) is 7.39. The number of hydrogen-bond acceptors (Lipinski definition) is 13. The fraction of sp³-hybridized carbons (Fsp3) is 0.628. The van der Waals surface area contributed by atoms with Gasteiger partial charge in [-0.25, -0.2) is 18.2 Å². The Morgan fingerprint density at radius 3 is 2.41 bits per heavy atom. The van der Waals surface area contributed by atoms with Gasteiger partial charge in [0.2, 0.25) is 34.5 Å². The molecule has 1 unspecified atom stereocenters.